The lowest BCUT2D eigenvalue weighted by atomic mass is 10.1. The molecule has 0 atom stereocenters. The fourth-order valence-corrected chi connectivity index (χ4v) is 4.00. The fourth-order valence-electron chi connectivity index (χ4n) is 4.00. The van der Waals surface area contributed by atoms with Crippen molar-refractivity contribution in [1.29, 1.82) is 0 Å². The van der Waals surface area contributed by atoms with Crippen LogP contribution in [0.15, 0.2) is 48.8 Å². The molecule has 192 valence electrons. The Labute approximate surface area is 208 Å². The molecular formula is C24H22F3N7O3. The molecule has 2 aromatic carbocycles. The van der Waals surface area contributed by atoms with E-state index in [0.717, 1.165) is 23.5 Å². The second-order valence-electron chi connectivity index (χ2n) is 8.26. The lowest BCUT2D eigenvalue weighted by Gasteiger charge is -2.28. The first kappa shape index (κ1) is 24.5. The summed E-state index contributed by atoms with van der Waals surface area (Å²) >= 11 is 0. The number of amides is 2. The van der Waals surface area contributed by atoms with Crippen molar-refractivity contribution in [2.45, 2.75) is 12.8 Å². The maximum absolute atomic E-state index is 13.2. The molecule has 0 aliphatic carbocycles. The molecule has 4 N–H and O–H groups in total. The van der Waals surface area contributed by atoms with Crippen LogP contribution in [0.1, 0.15) is 11.1 Å². The van der Waals surface area contributed by atoms with E-state index in [1.165, 1.54) is 6.07 Å². The van der Waals surface area contributed by atoms with E-state index in [0.29, 0.717) is 49.0 Å². The van der Waals surface area contributed by atoms with Crippen LogP contribution in [0.2, 0.25) is 0 Å². The van der Waals surface area contributed by atoms with Gasteiger partial charge in [0.15, 0.2) is 17.3 Å². The van der Waals surface area contributed by atoms with Gasteiger partial charge in [-0.25, -0.2) is 19.7 Å². The number of aromatic amines is 1. The van der Waals surface area contributed by atoms with Crippen LogP contribution in [0.25, 0.3) is 22.6 Å². The summed E-state index contributed by atoms with van der Waals surface area (Å²) in [6.07, 6.45) is -3.10. The van der Waals surface area contributed by atoms with Gasteiger partial charge in [0.2, 0.25) is 0 Å². The molecule has 2 amide bonds. The van der Waals surface area contributed by atoms with Crippen molar-refractivity contribution in [3.63, 3.8) is 0 Å². The number of carbonyl (C=O) groups is 1. The summed E-state index contributed by atoms with van der Waals surface area (Å²) in [5.41, 5.74) is 1.02. The van der Waals surface area contributed by atoms with Crippen LogP contribution in [-0.2, 0) is 17.5 Å². The van der Waals surface area contributed by atoms with E-state index in [1.807, 2.05) is 0 Å². The maximum Gasteiger partial charge on any atom is 0.416 e. The summed E-state index contributed by atoms with van der Waals surface area (Å²) in [4.78, 5) is 31.1. The standard InChI is InChI=1S/C24H22F3N7O3/c25-24(26,27)18-11-17(6-3-15(18)12-35)31-23(36)30-16-4-1-14(2-5-16)20-32-21-19(28-13-29-21)22(33-20)34-7-9-37-10-8-34/h1-6,11,13,35H,7-10,12H2,(H2,30,31,36)(H,28,29,32,33). The summed E-state index contributed by atoms with van der Waals surface area (Å²) < 4.78 is 45.1. The summed E-state index contributed by atoms with van der Waals surface area (Å²) in [7, 11) is 0. The highest BCUT2D eigenvalue weighted by molar-refractivity contribution is 6.00. The highest BCUT2D eigenvalue weighted by Gasteiger charge is 2.33. The lowest BCUT2D eigenvalue weighted by Crippen LogP contribution is -2.37. The smallest absolute Gasteiger partial charge is 0.392 e. The van der Waals surface area contributed by atoms with Crippen LogP contribution in [-0.4, -0.2) is 57.4 Å². The number of hydrogen-bond donors (Lipinski definition) is 4. The van der Waals surface area contributed by atoms with E-state index in [9.17, 15) is 18.0 Å². The second-order valence-corrected chi connectivity index (χ2v) is 8.26. The number of aromatic nitrogens is 4. The SMILES string of the molecule is O=C(Nc1ccc(-c2nc(N3CCOCC3)c3[nH]cnc3n2)cc1)Nc1ccc(CO)c(C(F)(F)F)c1. The van der Waals surface area contributed by atoms with E-state index in [2.05, 4.69) is 30.5 Å². The molecule has 3 heterocycles. The number of benzene rings is 2. The van der Waals surface area contributed by atoms with Crippen molar-refractivity contribution in [2.75, 3.05) is 41.8 Å². The predicted molar refractivity (Wildman–Crippen MR) is 130 cm³/mol. The number of aliphatic hydroxyl groups is 1. The Bertz CT molecular complexity index is 1420. The highest BCUT2D eigenvalue weighted by atomic mass is 19.4. The van der Waals surface area contributed by atoms with Gasteiger partial charge >= 0.3 is 12.2 Å². The van der Waals surface area contributed by atoms with Gasteiger partial charge in [0, 0.05) is 30.0 Å². The molecule has 1 aliphatic heterocycles. The van der Waals surface area contributed by atoms with E-state index >= 15 is 0 Å². The number of anilines is 3. The molecule has 10 nitrogen and oxygen atoms in total. The number of morpholine rings is 1. The second kappa shape index (κ2) is 10.0. The highest BCUT2D eigenvalue weighted by Crippen LogP contribution is 2.34. The first-order valence-corrected chi connectivity index (χ1v) is 11.3. The number of rotatable bonds is 5. The van der Waals surface area contributed by atoms with Gasteiger partial charge in [-0.2, -0.15) is 13.2 Å². The number of nitrogens with zero attached hydrogens (tertiary/aromatic N) is 4. The first-order chi connectivity index (χ1) is 17.8. The molecule has 13 heteroatoms. The Morgan fingerprint density at radius 2 is 1.76 bits per heavy atom. The molecule has 1 saturated heterocycles. The predicted octanol–water partition coefficient (Wildman–Crippen LogP) is 4.01. The molecule has 0 spiro atoms. The minimum atomic E-state index is -4.66. The molecule has 1 fully saturated rings. The zero-order valence-corrected chi connectivity index (χ0v) is 19.3. The van der Waals surface area contributed by atoms with E-state index < -0.39 is 24.4 Å². The fraction of sp³-hybridized carbons (Fsp3) is 0.250. The van der Waals surface area contributed by atoms with Crippen LogP contribution in [0.4, 0.5) is 35.2 Å². The van der Waals surface area contributed by atoms with Gasteiger partial charge in [-0.15, -0.1) is 0 Å². The minimum absolute atomic E-state index is 0.0602. The Kier molecular flexibility index (Phi) is 6.63. The molecule has 5 rings (SSSR count). The third-order valence-electron chi connectivity index (χ3n) is 5.82. The third-order valence-corrected chi connectivity index (χ3v) is 5.82. The van der Waals surface area contributed by atoms with Gasteiger partial charge in [0.05, 0.1) is 31.7 Å². The molecule has 0 bridgehead atoms. The van der Waals surface area contributed by atoms with Crippen LogP contribution in [0.5, 0.6) is 0 Å². The summed E-state index contributed by atoms with van der Waals surface area (Å²) in [6.45, 7) is 1.81. The normalized spacial score (nSPS) is 14.1. The number of H-pyrrole nitrogens is 1. The Hall–Kier alpha value is -4.23. The van der Waals surface area contributed by atoms with Crippen LogP contribution >= 0.6 is 0 Å². The summed E-state index contributed by atoms with van der Waals surface area (Å²) in [5.74, 6) is 1.19. The van der Waals surface area contributed by atoms with E-state index in [1.54, 1.807) is 30.6 Å². The number of urea groups is 1. The monoisotopic (exact) mass is 513 g/mol. The summed E-state index contributed by atoms with van der Waals surface area (Å²) in [5, 5.41) is 14.1. The van der Waals surface area contributed by atoms with E-state index in [-0.39, 0.29) is 11.3 Å². The topological polar surface area (TPSA) is 128 Å². The average Bonchev–Trinajstić information content (AvgIpc) is 3.37. The number of carbonyl (C=O) groups excluding carboxylic acids is 1. The van der Waals surface area contributed by atoms with Gasteiger partial charge in [-0.1, -0.05) is 6.07 Å². The molecule has 0 unspecified atom stereocenters. The maximum atomic E-state index is 13.2. The zero-order chi connectivity index (χ0) is 26.0. The van der Waals surface area contributed by atoms with Gasteiger partial charge in [0.1, 0.15) is 5.52 Å². The Morgan fingerprint density at radius 3 is 2.46 bits per heavy atom. The number of hydrogen-bond acceptors (Lipinski definition) is 7. The number of imidazole rings is 1. The van der Waals surface area contributed by atoms with Crippen molar-refractivity contribution in [3.8, 4) is 11.4 Å². The van der Waals surface area contributed by atoms with Crippen LogP contribution in [0.3, 0.4) is 0 Å². The number of nitrogens with one attached hydrogen (secondary N) is 3. The number of alkyl halides is 3. The Balaban J connectivity index is 1.31. The lowest BCUT2D eigenvalue weighted by molar-refractivity contribution is -0.138. The molecule has 4 aromatic rings. The number of aliphatic hydroxyl groups excluding tert-OH is 1. The van der Waals surface area contributed by atoms with Gasteiger partial charge < -0.3 is 30.4 Å². The number of fused-ring (bicyclic) bond motifs is 1. The minimum Gasteiger partial charge on any atom is -0.392 e. The molecule has 2 aromatic heterocycles. The van der Waals surface area contributed by atoms with Gasteiger partial charge in [-0.05, 0) is 42.0 Å². The number of ether oxygens (including phenoxy) is 1. The van der Waals surface area contributed by atoms with Crippen molar-refractivity contribution >= 4 is 34.4 Å². The molecule has 0 saturated carbocycles. The zero-order valence-electron chi connectivity index (χ0n) is 19.3. The van der Waals surface area contributed by atoms with Gasteiger partial charge in [-0.3, -0.25) is 0 Å². The quantitative estimate of drug-likeness (QED) is 0.317. The van der Waals surface area contributed by atoms with Crippen LogP contribution < -0.4 is 15.5 Å². The average molecular weight is 513 g/mol. The van der Waals surface area contributed by atoms with Crippen molar-refractivity contribution < 1.29 is 27.8 Å². The van der Waals surface area contributed by atoms with E-state index in [4.69, 9.17) is 14.8 Å². The van der Waals surface area contributed by atoms with Crippen LogP contribution in [0, 0.1) is 0 Å². The van der Waals surface area contributed by atoms with Crippen molar-refractivity contribution in [2.24, 2.45) is 0 Å². The largest absolute Gasteiger partial charge is 0.416 e. The summed E-state index contributed by atoms with van der Waals surface area (Å²) in [6, 6.07) is 9.19. The molecular weight excluding hydrogens is 491 g/mol. The molecule has 0 radical (unpaired) electrons. The van der Waals surface area contributed by atoms with Gasteiger partial charge in [0.25, 0.3) is 0 Å². The molecule has 1 aliphatic rings. The van der Waals surface area contributed by atoms with Crippen molar-refractivity contribution in [1.82, 2.24) is 19.9 Å². The van der Waals surface area contributed by atoms with Crippen molar-refractivity contribution in [3.05, 3.63) is 59.9 Å². The first-order valence-electron chi connectivity index (χ1n) is 11.3. The number of halogens is 3. The Morgan fingerprint density at radius 1 is 1.05 bits per heavy atom. The third kappa shape index (κ3) is 5.32. The molecule has 37 heavy (non-hydrogen) atoms.